The summed E-state index contributed by atoms with van der Waals surface area (Å²) >= 11 is 0. The van der Waals surface area contributed by atoms with Crippen LogP contribution in [0.3, 0.4) is 0 Å². The van der Waals surface area contributed by atoms with Crippen LogP contribution in [0.4, 0.5) is 0 Å². The van der Waals surface area contributed by atoms with Gasteiger partial charge in [0.05, 0.1) is 18.9 Å². The highest BCUT2D eigenvalue weighted by molar-refractivity contribution is 5.25. The van der Waals surface area contributed by atoms with E-state index in [9.17, 15) is 5.11 Å². The number of aliphatic hydroxyl groups excluding tert-OH is 1. The van der Waals surface area contributed by atoms with E-state index in [1.807, 2.05) is 6.07 Å². The van der Waals surface area contributed by atoms with Gasteiger partial charge in [-0.05, 0) is 31.2 Å². The van der Waals surface area contributed by atoms with Crippen molar-refractivity contribution in [1.82, 2.24) is 4.98 Å². The smallest absolute Gasteiger partial charge is 0.137 e. The average molecular weight is 277 g/mol. The minimum absolute atomic E-state index is 0.408. The number of aromatic nitrogens is 1. The lowest BCUT2D eigenvalue weighted by Crippen LogP contribution is -2.08. The number of hydrogen-bond acceptors (Lipinski definition) is 3. The van der Waals surface area contributed by atoms with Gasteiger partial charge in [-0.2, -0.15) is 0 Å². The predicted octanol–water partition coefficient (Wildman–Crippen LogP) is 4.26. The molecule has 1 atom stereocenters. The number of rotatable bonds is 7. The van der Waals surface area contributed by atoms with Crippen LogP contribution in [0.15, 0.2) is 18.5 Å². The van der Waals surface area contributed by atoms with E-state index in [0.717, 1.165) is 36.5 Å². The largest absolute Gasteiger partial charge is 0.492 e. The van der Waals surface area contributed by atoms with Gasteiger partial charge in [0.15, 0.2) is 0 Å². The summed E-state index contributed by atoms with van der Waals surface area (Å²) in [5.41, 5.74) is 0.884. The molecule has 0 aromatic carbocycles. The van der Waals surface area contributed by atoms with Gasteiger partial charge >= 0.3 is 0 Å². The summed E-state index contributed by atoms with van der Waals surface area (Å²) in [4.78, 5) is 4.17. The lowest BCUT2D eigenvalue weighted by molar-refractivity contribution is 0.150. The van der Waals surface area contributed by atoms with Gasteiger partial charge in [0.1, 0.15) is 5.75 Å². The average Bonchev–Trinajstić information content (AvgIpc) is 2.52. The monoisotopic (exact) mass is 277 g/mol. The fourth-order valence-corrected chi connectivity index (χ4v) is 2.95. The van der Waals surface area contributed by atoms with Crippen LogP contribution >= 0.6 is 0 Å². The van der Waals surface area contributed by atoms with Crippen LogP contribution in [0.25, 0.3) is 0 Å². The van der Waals surface area contributed by atoms with Crippen LogP contribution < -0.4 is 4.74 Å². The molecular weight excluding hydrogens is 250 g/mol. The van der Waals surface area contributed by atoms with Crippen LogP contribution in [0.2, 0.25) is 0 Å². The zero-order chi connectivity index (χ0) is 14.2. The SMILES string of the molecule is CCCOc1cncc(C(O)CCC2CCCCC2)c1. The molecule has 1 saturated carbocycles. The summed E-state index contributed by atoms with van der Waals surface area (Å²) in [6.45, 7) is 2.78. The van der Waals surface area contributed by atoms with Gasteiger partial charge in [-0.3, -0.25) is 4.98 Å². The van der Waals surface area contributed by atoms with Gasteiger partial charge < -0.3 is 9.84 Å². The predicted molar refractivity (Wildman–Crippen MR) is 80.8 cm³/mol. The van der Waals surface area contributed by atoms with E-state index in [-0.39, 0.29) is 0 Å². The van der Waals surface area contributed by atoms with E-state index in [2.05, 4.69) is 11.9 Å². The molecule has 1 N–H and O–H groups in total. The van der Waals surface area contributed by atoms with Gasteiger partial charge in [-0.15, -0.1) is 0 Å². The molecule has 3 nitrogen and oxygen atoms in total. The van der Waals surface area contributed by atoms with Crippen molar-refractivity contribution in [2.24, 2.45) is 5.92 Å². The Balaban J connectivity index is 1.82. The second kappa shape index (κ2) is 8.25. The number of nitrogens with zero attached hydrogens (tertiary/aromatic N) is 1. The molecule has 0 radical (unpaired) electrons. The third kappa shape index (κ3) is 4.78. The molecule has 1 aliphatic rings. The fourth-order valence-electron chi connectivity index (χ4n) is 2.95. The first kappa shape index (κ1) is 15.3. The van der Waals surface area contributed by atoms with Crippen molar-refractivity contribution in [3.63, 3.8) is 0 Å². The Bertz CT molecular complexity index is 388. The summed E-state index contributed by atoms with van der Waals surface area (Å²) in [6.07, 6.45) is 12.8. The summed E-state index contributed by atoms with van der Waals surface area (Å²) in [6, 6.07) is 1.92. The van der Waals surface area contributed by atoms with Crippen molar-refractivity contribution < 1.29 is 9.84 Å². The first-order valence-electron chi connectivity index (χ1n) is 8.05. The van der Waals surface area contributed by atoms with Gasteiger partial charge in [-0.1, -0.05) is 39.0 Å². The number of pyridine rings is 1. The van der Waals surface area contributed by atoms with Crippen molar-refractivity contribution in [3.05, 3.63) is 24.0 Å². The molecular formula is C17H27NO2. The molecule has 20 heavy (non-hydrogen) atoms. The third-order valence-electron chi connectivity index (χ3n) is 4.17. The number of ether oxygens (including phenoxy) is 1. The standard InChI is InChI=1S/C17H27NO2/c1-2-10-20-16-11-15(12-18-13-16)17(19)9-8-14-6-4-3-5-7-14/h11-14,17,19H,2-10H2,1H3. The first-order chi connectivity index (χ1) is 9.79. The molecule has 1 fully saturated rings. The molecule has 0 amide bonds. The summed E-state index contributed by atoms with van der Waals surface area (Å²) < 4.78 is 5.57. The first-order valence-corrected chi connectivity index (χ1v) is 8.05. The van der Waals surface area contributed by atoms with E-state index in [1.54, 1.807) is 12.4 Å². The molecule has 112 valence electrons. The summed E-state index contributed by atoms with van der Waals surface area (Å²) in [5, 5.41) is 10.3. The van der Waals surface area contributed by atoms with Crippen LogP contribution in [-0.2, 0) is 0 Å². The second-order valence-corrected chi connectivity index (χ2v) is 5.90. The molecule has 0 saturated heterocycles. The zero-order valence-corrected chi connectivity index (χ0v) is 12.6. The minimum atomic E-state index is -0.408. The van der Waals surface area contributed by atoms with Crippen molar-refractivity contribution in [2.45, 2.75) is 64.4 Å². The second-order valence-electron chi connectivity index (χ2n) is 5.90. The molecule has 1 aliphatic carbocycles. The van der Waals surface area contributed by atoms with E-state index >= 15 is 0 Å². The molecule has 1 unspecified atom stereocenters. The Morgan fingerprint density at radius 2 is 2.10 bits per heavy atom. The summed E-state index contributed by atoms with van der Waals surface area (Å²) in [5.74, 6) is 1.58. The number of aliphatic hydroxyl groups is 1. The van der Waals surface area contributed by atoms with Crippen LogP contribution in [0.1, 0.15) is 70.0 Å². The maximum Gasteiger partial charge on any atom is 0.137 e. The molecule has 3 heteroatoms. The lowest BCUT2D eigenvalue weighted by atomic mass is 9.85. The van der Waals surface area contributed by atoms with Gasteiger partial charge in [0, 0.05) is 11.8 Å². The molecule has 1 aromatic rings. The van der Waals surface area contributed by atoms with Crippen LogP contribution in [-0.4, -0.2) is 16.7 Å². The maximum atomic E-state index is 10.3. The van der Waals surface area contributed by atoms with Gasteiger partial charge in [0.25, 0.3) is 0 Å². The Morgan fingerprint density at radius 3 is 2.85 bits per heavy atom. The van der Waals surface area contributed by atoms with E-state index in [4.69, 9.17) is 4.74 Å². The molecule has 0 aliphatic heterocycles. The zero-order valence-electron chi connectivity index (χ0n) is 12.6. The highest BCUT2D eigenvalue weighted by atomic mass is 16.5. The van der Waals surface area contributed by atoms with Crippen molar-refractivity contribution in [1.29, 1.82) is 0 Å². The molecule has 0 bridgehead atoms. The van der Waals surface area contributed by atoms with Gasteiger partial charge in [0.2, 0.25) is 0 Å². The number of hydrogen-bond donors (Lipinski definition) is 1. The third-order valence-corrected chi connectivity index (χ3v) is 4.17. The highest BCUT2D eigenvalue weighted by Gasteiger charge is 2.16. The van der Waals surface area contributed by atoms with E-state index in [1.165, 1.54) is 32.1 Å². The van der Waals surface area contributed by atoms with E-state index < -0.39 is 6.10 Å². The van der Waals surface area contributed by atoms with E-state index in [0.29, 0.717) is 6.61 Å². The molecule has 1 heterocycles. The Hall–Kier alpha value is -1.09. The highest BCUT2D eigenvalue weighted by Crippen LogP contribution is 2.30. The molecule has 1 aromatic heterocycles. The van der Waals surface area contributed by atoms with Crippen molar-refractivity contribution in [2.75, 3.05) is 6.61 Å². The minimum Gasteiger partial charge on any atom is -0.492 e. The Labute approximate surface area is 122 Å². The normalized spacial score (nSPS) is 17.9. The van der Waals surface area contributed by atoms with Crippen LogP contribution in [0, 0.1) is 5.92 Å². The van der Waals surface area contributed by atoms with Crippen LogP contribution in [0.5, 0.6) is 5.75 Å². The summed E-state index contributed by atoms with van der Waals surface area (Å²) in [7, 11) is 0. The van der Waals surface area contributed by atoms with Gasteiger partial charge in [-0.25, -0.2) is 0 Å². The Kier molecular flexibility index (Phi) is 6.31. The molecule has 2 rings (SSSR count). The quantitative estimate of drug-likeness (QED) is 0.809. The lowest BCUT2D eigenvalue weighted by Gasteiger charge is -2.22. The fraction of sp³-hybridized carbons (Fsp3) is 0.706. The maximum absolute atomic E-state index is 10.3. The van der Waals surface area contributed by atoms with Crippen molar-refractivity contribution >= 4 is 0 Å². The molecule has 0 spiro atoms. The topological polar surface area (TPSA) is 42.4 Å². The Morgan fingerprint density at radius 1 is 1.30 bits per heavy atom. The van der Waals surface area contributed by atoms with Crippen molar-refractivity contribution in [3.8, 4) is 5.75 Å².